The molecule has 1 fully saturated rings. The zero-order chi connectivity index (χ0) is 16.2. The van der Waals surface area contributed by atoms with Gasteiger partial charge in [0.05, 0.1) is 5.41 Å². The van der Waals surface area contributed by atoms with Crippen molar-refractivity contribution >= 4 is 5.97 Å². The Kier molecular flexibility index (Phi) is 5.22. The van der Waals surface area contributed by atoms with Crippen LogP contribution in [0.1, 0.15) is 30.5 Å². The minimum Gasteiger partial charge on any atom is -0.481 e. The van der Waals surface area contributed by atoms with Crippen LogP contribution in [0.25, 0.3) is 0 Å². The highest BCUT2D eigenvalue weighted by molar-refractivity contribution is 5.75. The van der Waals surface area contributed by atoms with E-state index < -0.39 is 11.4 Å². The summed E-state index contributed by atoms with van der Waals surface area (Å²) in [4.78, 5) is 13.9. The van der Waals surface area contributed by atoms with Gasteiger partial charge in [-0.25, -0.2) is 0 Å². The predicted octanol–water partition coefficient (Wildman–Crippen LogP) is 1.60. The van der Waals surface area contributed by atoms with Gasteiger partial charge in [0.25, 0.3) is 0 Å². The molecule has 0 unspecified atom stereocenters. The van der Waals surface area contributed by atoms with Gasteiger partial charge in [-0.3, -0.25) is 9.69 Å². The number of nitriles is 1. The van der Waals surface area contributed by atoms with Crippen molar-refractivity contribution in [2.45, 2.75) is 25.8 Å². The highest BCUT2D eigenvalue weighted by atomic mass is 16.5. The fraction of sp³-hybridized carbons (Fsp3) is 0.625. The minimum atomic E-state index is -0.736. The Hall–Kier alpha value is -1.84. The van der Waals surface area contributed by atoms with E-state index in [4.69, 9.17) is 10.00 Å². The molecule has 6 heteroatoms. The summed E-state index contributed by atoms with van der Waals surface area (Å²) in [6, 6.07) is 4.02. The van der Waals surface area contributed by atoms with E-state index in [1.165, 1.54) is 0 Å². The second-order valence-corrected chi connectivity index (χ2v) is 6.10. The maximum absolute atomic E-state index is 11.8. The summed E-state index contributed by atoms with van der Waals surface area (Å²) >= 11 is 0. The minimum absolute atomic E-state index is 0.462. The summed E-state index contributed by atoms with van der Waals surface area (Å²) in [5.74, 6) is -0.736. The summed E-state index contributed by atoms with van der Waals surface area (Å²) in [6.07, 6.45) is 4.03. The van der Waals surface area contributed by atoms with Crippen LogP contribution in [0.15, 0.2) is 12.3 Å². The van der Waals surface area contributed by atoms with E-state index >= 15 is 0 Å². The van der Waals surface area contributed by atoms with E-state index in [9.17, 15) is 9.90 Å². The maximum Gasteiger partial charge on any atom is 0.311 e. The van der Waals surface area contributed by atoms with Crippen LogP contribution in [0.4, 0.5) is 0 Å². The zero-order valence-electron chi connectivity index (χ0n) is 13.2. The molecule has 0 spiro atoms. The van der Waals surface area contributed by atoms with Crippen LogP contribution < -0.4 is 0 Å². The van der Waals surface area contributed by atoms with Crippen molar-refractivity contribution in [2.75, 3.05) is 26.8 Å². The van der Waals surface area contributed by atoms with Gasteiger partial charge in [-0.2, -0.15) is 5.26 Å². The fourth-order valence-electron chi connectivity index (χ4n) is 3.23. The largest absolute Gasteiger partial charge is 0.481 e. The van der Waals surface area contributed by atoms with Crippen molar-refractivity contribution in [2.24, 2.45) is 12.5 Å². The van der Waals surface area contributed by atoms with Crippen molar-refractivity contribution in [3.63, 3.8) is 0 Å². The van der Waals surface area contributed by atoms with Gasteiger partial charge in [0.15, 0.2) is 0 Å². The summed E-state index contributed by atoms with van der Waals surface area (Å²) in [5.41, 5.74) is 0.948. The molecule has 2 rings (SSSR count). The van der Waals surface area contributed by atoms with Gasteiger partial charge >= 0.3 is 5.97 Å². The quantitative estimate of drug-likeness (QED) is 0.863. The lowest BCUT2D eigenvalue weighted by Gasteiger charge is -2.39. The maximum atomic E-state index is 11.8. The third-order valence-electron chi connectivity index (χ3n) is 4.48. The molecule has 1 aliphatic heterocycles. The smallest absolute Gasteiger partial charge is 0.311 e. The lowest BCUT2D eigenvalue weighted by Crippen LogP contribution is -2.48. The second-order valence-electron chi connectivity index (χ2n) is 6.10. The van der Waals surface area contributed by atoms with Crippen LogP contribution in [0.2, 0.25) is 0 Å². The molecule has 22 heavy (non-hydrogen) atoms. The van der Waals surface area contributed by atoms with Crippen molar-refractivity contribution in [3.8, 4) is 6.07 Å². The van der Waals surface area contributed by atoms with Crippen molar-refractivity contribution < 1.29 is 14.6 Å². The van der Waals surface area contributed by atoms with E-state index in [1.807, 2.05) is 19.3 Å². The summed E-state index contributed by atoms with van der Waals surface area (Å²) in [5, 5.41) is 18.7. The van der Waals surface area contributed by atoms with Crippen molar-refractivity contribution in [1.82, 2.24) is 9.47 Å². The number of nitrogens with zero attached hydrogens (tertiary/aromatic N) is 3. The van der Waals surface area contributed by atoms with Crippen LogP contribution in [-0.2, 0) is 23.1 Å². The molecule has 1 saturated heterocycles. The van der Waals surface area contributed by atoms with Gasteiger partial charge in [0.2, 0.25) is 0 Å². The Morgan fingerprint density at radius 3 is 2.95 bits per heavy atom. The predicted molar refractivity (Wildman–Crippen MR) is 81.2 cm³/mol. The Bertz CT molecular complexity index is 576. The van der Waals surface area contributed by atoms with Crippen LogP contribution >= 0.6 is 0 Å². The highest BCUT2D eigenvalue weighted by Crippen LogP contribution is 2.34. The molecule has 0 amide bonds. The molecule has 1 aromatic heterocycles. The number of hydrogen-bond donors (Lipinski definition) is 1. The normalized spacial score (nSPS) is 22.4. The van der Waals surface area contributed by atoms with Crippen LogP contribution in [0.5, 0.6) is 0 Å². The first-order valence-corrected chi connectivity index (χ1v) is 7.51. The highest BCUT2D eigenvalue weighted by Gasteiger charge is 2.41. The fourth-order valence-corrected chi connectivity index (χ4v) is 3.23. The standard InChI is InChI=1S/C16H23N3O3/c1-18-10-13(8-14(18)9-17)11-19-6-3-4-16(12-19,15(20)21)5-7-22-2/h8,10H,3-7,11-12H2,1-2H3,(H,20,21)/t16-/m0/s1. The van der Waals surface area contributed by atoms with E-state index in [0.29, 0.717) is 38.2 Å². The summed E-state index contributed by atoms with van der Waals surface area (Å²) in [6.45, 7) is 2.56. The summed E-state index contributed by atoms with van der Waals surface area (Å²) < 4.78 is 6.89. The number of carbonyl (C=O) groups is 1. The topological polar surface area (TPSA) is 78.5 Å². The monoisotopic (exact) mass is 305 g/mol. The first-order chi connectivity index (χ1) is 10.5. The molecule has 0 radical (unpaired) electrons. The molecule has 1 aromatic rings. The number of ether oxygens (including phenoxy) is 1. The van der Waals surface area contributed by atoms with Gasteiger partial charge in [0.1, 0.15) is 11.8 Å². The number of aryl methyl sites for hydroxylation is 1. The van der Waals surface area contributed by atoms with Gasteiger partial charge in [0, 0.05) is 40.1 Å². The number of aromatic nitrogens is 1. The van der Waals surface area contributed by atoms with Gasteiger partial charge < -0.3 is 14.4 Å². The van der Waals surface area contributed by atoms with E-state index in [1.54, 1.807) is 11.7 Å². The number of rotatable bonds is 6. The summed E-state index contributed by atoms with van der Waals surface area (Å²) in [7, 11) is 3.45. The number of aliphatic carboxylic acids is 1. The Labute approximate surface area is 130 Å². The van der Waals surface area contributed by atoms with E-state index in [-0.39, 0.29) is 0 Å². The average Bonchev–Trinajstić information content (AvgIpc) is 2.85. The van der Waals surface area contributed by atoms with E-state index in [2.05, 4.69) is 11.0 Å². The van der Waals surface area contributed by atoms with Gasteiger partial charge in [-0.1, -0.05) is 0 Å². The molecular formula is C16H23N3O3. The molecule has 0 aliphatic carbocycles. The average molecular weight is 305 g/mol. The van der Waals surface area contributed by atoms with Crippen molar-refractivity contribution in [1.29, 1.82) is 5.26 Å². The molecule has 120 valence electrons. The lowest BCUT2D eigenvalue weighted by molar-refractivity contribution is -0.154. The van der Waals surface area contributed by atoms with Crippen LogP contribution in [0, 0.1) is 16.7 Å². The molecule has 1 aliphatic rings. The third kappa shape index (κ3) is 3.49. The number of hydrogen-bond acceptors (Lipinski definition) is 4. The molecule has 0 aromatic carbocycles. The van der Waals surface area contributed by atoms with Gasteiger partial charge in [-0.05, 0) is 37.4 Å². The number of piperidine rings is 1. The lowest BCUT2D eigenvalue weighted by atomic mass is 9.77. The zero-order valence-corrected chi connectivity index (χ0v) is 13.2. The first-order valence-electron chi connectivity index (χ1n) is 7.51. The molecule has 6 nitrogen and oxygen atoms in total. The van der Waals surface area contributed by atoms with Crippen LogP contribution in [-0.4, -0.2) is 47.3 Å². The number of carboxylic acid groups (broad SMARTS) is 1. The van der Waals surface area contributed by atoms with Gasteiger partial charge in [-0.15, -0.1) is 0 Å². The SMILES string of the molecule is COCC[C@@]1(C(=O)O)CCCN(Cc2cc(C#N)n(C)c2)C1. The number of carboxylic acids is 1. The second kappa shape index (κ2) is 6.95. The number of methoxy groups -OCH3 is 1. The molecule has 0 bridgehead atoms. The first kappa shape index (κ1) is 16.5. The molecule has 1 N–H and O–H groups in total. The third-order valence-corrected chi connectivity index (χ3v) is 4.48. The molecule has 1 atom stereocenters. The van der Waals surface area contributed by atoms with Crippen LogP contribution in [0.3, 0.4) is 0 Å². The van der Waals surface area contributed by atoms with E-state index in [0.717, 1.165) is 18.5 Å². The molecule has 0 saturated carbocycles. The Morgan fingerprint density at radius 2 is 2.36 bits per heavy atom. The molecule has 2 heterocycles. The Morgan fingerprint density at radius 1 is 1.59 bits per heavy atom. The Balaban J connectivity index is 2.08. The molecular weight excluding hydrogens is 282 g/mol. The number of likely N-dealkylation sites (tertiary alicyclic amines) is 1. The van der Waals surface area contributed by atoms with Crippen molar-refractivity contribution in [3.05, 3.63) is 23.5 Å².